The zero-order valence-corrected chi connectivity index (χ0v) is 24.1. The van der Waals surface area contributed by atoms with Crippen LogP contribution >= 0.6 is 11.3 Å². The number of morpholine rings is 1. The van der Waals surface area contributed by atoms with Crippen LogP contribution in [-0.2, 0) is 22.6 Å². The van der Waals surface area contributed by atoms with Gasteiger partial charge in [-0.15, -0.1) is 11.3 Å². The van der Waals surface area contributed by atoms with E-state index in [9.17, 15) is 9.59 Å². The number of nitrogens with one attached hydrogen (secondary N) is 1. The van der Waals surface area contributed by atoms with Gasteiger partial charge in [-0.3, -0.25) is 9.69 Å². The molecule has 1 saturated heterocycles. The molecule has 0 bridgehead atoms. The Kier molecular flexibility index (Phi) is 10.5. The van der Waals surface area contributed by atoms with E-state index in [1.807, 2.05) is 59.5 Å². The summed E-state index contributed by atoms with van der Waals surface area (Å²) < 4.78 is 5.48. The monoisotopic (exact) mass is 548 g/mol. The Morgan fingerprint density at radius 2 is 1.67 bits per heavy atom. The van der Waals surface area contributed by atoms with Crippen LogP contribution in [0.25, 0.3) is 0 Å². The normalized spacial score (nSPS) is 13.8. The summed E-state index contributed by atoms with van der Waals surface area (Å²) in [6.45, 7) is 11.6. The van der Waals surface area contributed by atoms with Crippen LogP contribution in [0.3, 0.4) is 0 Å². The molecule has 0 aliphatic carbocycles. The maximum absolute atomic E-state index is 13.8. The van der Waals surface area contributed by atoms with Crippen molar-refractivity contribution in [3.63, 3.8) is 0 Å². The number of hydrogen-bond donors (Lipinski definition) is 1. The molecule has 4 rings (SSSR count). The summed E-state index contributed by atoms with van der Waals surface area (Å²) in [4.78, 5) is 35.4. The highest BCUT2D eigenvalue weighted by Crippen LogP contribution is 2.20. The van der Waals surface area contributed by atoms with Crippen molar-refractivity contribution in [2.24, 2.45) is 0 Å². The summed E-state index contributed by atoms with van der Waals surface area (Å²) in [7, 11) is 0. The lowest BCUT2D eigenvalue weighted by atomic mass is 10.0. The minimum Gasteiger partial charge on any atom is -0.379 e. The second-order valence-electron chi connectivity index (χ2n) is 10.3. The average molecular weight is 549 g/mol. The van der Waals surface area contributed by atoms with E-state index < -0.39 is 0 Å². The number of nitrogens with zero attached hydrogens (tertiary/aromatic N) is 3. The summed E-state index contributed by atoms with van der Waals surface area (Å²) in [5, 5.41) is 3.02. The van der Waals surface area contributed by atoms with E-state index in [1.165, 1.54) is 10.4 Å². The van der Waals surface area contributed by atoms with E-state index in [-0.39, 0.29) is 18.5 Å². The first-order chi connectivity index (χ1) is 18.9. The molecule has 1 N–H and O–H groups in total. The topological polar surface area (TPSA) is 65.1 Å². The Morgan fingerprint density at radius 1 is 0.949 bits per heavy atom. The second-order valence-corrected chi connectivity index (χ2v) is 11.7. The number of anilines is 1. The molecule has 3 aromatic rings. The Hall–Kier alpha value is -3.20. The van der Waals surface area contributed by atoms with Crippen LogP contribution in [0, 0.1) is 6.92 Å². The molecule has 39 heavy (non-hydrogen) atoms. The van der Waals surface area contributed by atoms with Crippen LogP contribution in [0.2, 0.25) is 0 Å². The number of carbonyl (C=O) groups is 2. The standard InChI is InChI=1S/C31H40N4O3S/c1-24(2)27-10-12-28(13-11-27)32-31(37)34(16-15-33-17-19-38-20-18-33)23-30(36)35(21-26-7-5-4-6-8-26)22-29-14-9-25(3)39-29/h4-14,24H,15-23H2,1-3H3,(H,32,37). The largest absolute Gasteiger partial charge is 0.379 e. The first-order valence-corrected chi connectivity index (χ1v) is 14.5. The molecule has 0 spiro atoms. The predicted octanol–water partition coefficient (Wildman–Crippen LogP) is 5.58. The van der Waals surface area contributed by atoms with Gasteiger partial charge in [0.15, 0.2) is 0 Å². The lowest BCUT2D eigenvalue weighted by Gasteiger charge is -2.31. The maximum atomic E-state index is 13.8. The molecule has 0 saturated carbocycles. The fraction of sp³-hybridized carbons (Fsp3) is 0.419. The second kappa shape index (κ2) is 14.3. The van der Waals surface area contributed by atoms with Crippen molar-refractivity contribution < 1.29 is 14.3 Å². The fourth-order valence-corrected chi connectivity index (χ4v) is 5.46. The molecule has 1 aliphatic heterocycles. The quantitative estimate of drug-likeness (QED) is 0.340. The number of amides is 3. The number of aryl methyl sites for hydroxylation is 1. The molecule has 0 radical (unpaired) electrons. The highest BCUT2D eigenvalue weighted by molar-refractivity contribution is 7.11. The maximum Gasteiger partial charge on any atom is 0.322 e. The Bertz CT molecular complexity index is 1190. The zero-order valence-electron chi connectivity index (χ0n) is 23.3. The number of carbonyl (C=O) groups excluding carboxylic acids is 2. The van der Waals surface area contributed by atoms with Gasteiger partial charge in [-0.25, -0.2) is 4.79 Å². The van der Waals surface area contributed by atoms with Crippen LogP contribution in [-0.4, -0.2) is 72.6 Å². The highest BCUT2D eigenvalue weighted by Gasteiger charge is 2.24. The van der Waals surface area contributed by atoms with Crippen LogP contribution < -0.4 is 5.32 Å². The van der Waals surface area contributed by atoms with Crippen molar-refractivity contribution in [1.82, 2.24) is 14.7 Å². The van der Waals surface area contributed by atoms with Gasteiger partial charge in [-0.2, -0.15) is 0 Å². The molecule has 0 unspecified atom stereocenters. The van der Waals surface area contributed by atoms with Crippen LogP contribution in [0.4, 0.5) is 10.5 Å². The zero-order chi connectivity index (χ0) is 27.6. The van der Waals surface area contributed by atoms with E-state index in [1.54, 1.807) is 16.2 Å². The highest BCUT2D eigenvalue weighted by atomic mass is 32.1. The first kappa shape index (κ1) is 28.8. The van der Waals surface area contributed by atoms with Gasteiger partial charge in [0.05, 0.1) is 19.8 Å². The lowest BCUT2D eigenvalue weighted by Crippen LogP contribution is -2.48. The Balaban J connectivity index is 1.49. The molecule has 1 fully saturated rings. The van der Waals surface area contributed by atoms with E-state index in [0.717, 1.165) is 29.2 Å². The van der Waals surface area contributed by atoms with E-state index in [4.69, 9.17) is 4.74 Å². The number of hydrogen-bond acceptors (Lipinski definition) is 5. The molecular weight excluding hydrogens is 508 g/mol. The van der Waals surface area contributed by atoms with Crippen molar-refractivity contribution in [3.8, 4) is 0 Å². The predicted molar refractivity (Wildman–Crippen MR) is 158 cm³/mol. The summed E-state index contributed by atoms with van der Waals surface area (Å²) in [5.74, 6) is 0.345. The van der Waals surface area contributed by atoms with Crippen molar-refractivity contribution in [2.75, 3.05) is 51.3 Å². The molecule has 8 heteroatoms. The van der Waals surface area contributed by atoms with Gasteiger partial charge in [-0.1, -0.05) is 56.3 Å². The third-order valence-electron chi connectivity index (χ3n) is 6.94. The van der Waals surface area contributed by atoms with Gasteiger partial charge in [0, 0.05) is 48.2 Å². The molecular formula is C31H40N4O3S. The molecule has 3 amide bonds. The number of thiophene rings is 1. The van der Waals surface area contributed by atoms with Gasteiger partial charge in [-0.05, 0) is 48.2 Å². The molecule has 1 aromatic heterocycles. The van der Waals surface area contributed by atoms with Crippen molar-refractivity contribution in [1.29, 1.82) is 0 Å². The Morgan fingerprint density at radius 3 is 2.31 bits per heavy atom. The minimum absolute atomic E-state index is 0.0114. The lowest BCUT2D eigenvalue weighted by molar-refractivity contribution is -0.133. The van der Waals surface area contributed by atoms with E-state index in [0.29, 0.717) is 45.3 Å². The molecule has 2 aromatic carbocycles. The van der Waals surface area contributed by atoms with Gasteiger partial charge in [0.2, 0.25) is 5.91 Å². The van der Waals surface area contributed by atoms with E-state index in [2.05, 4.69) is 43.1 Å². The van der Waals surface area contributed by atoms with Gasteiger partial charge in [0.25, 0.3) is 0 Å². The summed E-state index contributed by atoms with van der Waals surface area (Å²) >= 11 is 1.70. The van der Waals surface area contributed by atoms with Gasteiger partial charge >= 0.3 is 6.03 Å². The summed E-state index contributed by atoms with van der Waals surface area (Å²) in [6.07, 6.45) is 0. The molecule has 2 heterocycles. The molecule has 208 valence electrons. The smallest absolute Gasteiger partial charge is 0.322 e. The van der Waals surface area contributed by atoms with Crippen LogP contribution in [0.5, 0.6) is 0 Å². The van der Waals surface area contributed by atoms with Crippen molar-refractivity contribution in [2.45, 2.75) is 39.8 Å². The van der Waals surface area contributed by atoms with Crippen molar-refractivity contribution >= 4 is 29.0 Å². The third kappa shape index (κ3) is 8.92. The third-order valence-corrected chi connectivity index (χ3v) is 7.93. The summed E-state index contributed by atoms with van der Waals surface area (Å²) in [5.41, 5.74) is 3.00. The summed E-state index contributed by atoms with van der Waals surface area (Å²) in [6, 6.07) is 21.8. The number of benzene rings is 2. The first-order valence-electron chi connectivity index (χ1n) is 13.7. The average Bonchev–Trinajstić information content (AvgIpc) is 3.36. The van der Waals surface area contributed by atoms with Crippen LogP contribution in [0.15, 0.2) is 66.7 Å². The number of urea groups is 1. The van der Waals surface area contributed by atoms with Gasteiger partial charge in [0.1, 0.15) is 6.54 Å². The van der Waals surface area contributed by atoms with Gasteiger partial charge < -0.3 is 19.9 Å². The fourth-order valence-electron chi connectivity index (χ4n) is 4.55. The number of rotatable bonds is 11. The van der Waals surface area contributed by atoms with E-state index >= 15 is 0 Å². The SMILES string of the molecule is Cc1ccc(CN(Cc2ccccc2)C(=O)CN(CCN2CCOCC2)C(=O)Nc2ccc(C(C)C)cc2)s1. The molecule has 0 atom stereocenters. The van der Waals surface area contributed by atoms with Crippen LogP contribution in [0.1, 0.15) is 40.6 Å². The molecule has 7 nitrogen and oxygen atoms in total. The Labute approximate surface area is 236 Å². The molecule has 1 aliphatic rings. The van der Waals surface area contributed by atoms with Crippen molar-refractivity contribution in [3.05, 3.63) is 87.6 Å². The number of ether oxygens (including phenoxy) is 1. The minimum atomic E-state index is -0.263.